The van der Waals surface area contributed by atoms with E-state index >= 15 is 0 Å². The molecule has 0 saturated carbocycles. The zero-order chi connectivity index (χ0) is 18.4. The molecule has 1 aliphatic heterocycles. The summed E-state index contributed by atoms with van der Waals surface area (Å²) in [5.41, 5.74) is 3.71. The van der Waals surface area contributed by atoms with E-state index in [0.717, 1.165) is 25.9 Å². The number of anilines is 1. The Morgan fingerprint density at radius 3 is 2.12 bits per heavy atom. The molecule has 0 atom stereocenters. The minimum Gasteiger partial charge on any atom is -0.369 e. The number of nitrogens with zero attached hydrogens (tertiary/aromatic N) is 2. The zero-order valence-corrected chi connectivity index (χ0v) is 16.3. The zero-order valence-electron chi connectivity index (χ0n) is 15.5. The number of rotatable bonds is 7. The highest BCUT2D eigenvalue weighted by molar-refractivity contribution is 7.89. The first-order valence-corrected chi connectivity index (χ1v) is 11.0. The topological polar surface area (TPSA) is 40.6 Å². The summed E-state index contributed by atoms with van der Waals surface area (Å²) in [7, 11) is -3.16. The molecule has 0 spiro atoms. The standard InChI is InChI=1S/C21H28N2O2S/c1-2-19-10-12-21(13-11-19)22-14-16-23(17-15-22)26(24,25)18-6-9-20-7-4-3-5-8-20/h3-5,7-8,10-13H,2,6,9,14-18H2,1H3. The molecule has 5 heteroatoms. The fourth-order valence-corrected chi connectivity index (χ4v) is 4.89. The monoisotopic (exact) mass is 372 g/mol. The second-order valence-electron chi connectivity index (χ2n) is 6.81. The summed E-state index contributed by atoms with van der Waals surface area (Å²) in [4.78, 5) is 2.27. The van der Waals surface area contributed by atoms with Crippen molar-refractivity contribution < 1.29 is 8.42 Å². The molecule has 0 amide bonds. The van der Waals surface area contributed by atoms with Crippen molar-refractivity contribution in [2.75, 3.05) is 36.8 Å². The lowest BCUT2D eigenvalue weighted by atomic mass is 10.1. The molecular weight excluding hydrogens is 344 g/mol. The summed E-state index contributed by atoms with van der Waals surface area (Å²) >= 11 is 0. The lowest BCUT2D eigenvalue weighted by Gasteiger charge is -2.35. The summed E-state index contributed by atoms with van der Waals surface area (Å²) in [5, 5.41) is 0. The summed E-state index contributed by atoms with van der Waals surface area (Å²) in [5.74, 6) is 0.229. The van der Waals surface area contributed by atoms with Gasteiger partial charge in [-0.3, -0.25) is 0 Å². The van der Waals surface area contributed by atoms with Crippen LogP contribution in [-0.4, -0.2) is 44.7 Å². The van der Waals surface area contributed by atoms with Crippen LogP contribution in [0.25, 0.3) is 0 Å². The number of benzene rings is 2. The molecule has 26 heavy (non-hydrogen) atoms. The number of hydrogen-bond acceptors (Lipinski definition) is 3. The van der Waals surface area contributed by atoms with E-state index in [-0.39, 0.29) is 5.75 Å². The van der Waals surface area contributed by atoms with Crippen molar-refractivity contribution in [1.29, 1.82) is 0 Å². The predicted molar refractivity (Wildman–Crippen MR) is 108 cm³/mol. The van der Waals surface area contributed by atoms with Gasteiger partial charge in [0.15, 0.2) is 0 Å². The molecule has 1 heterocycles. The van der Waals surface area contributed by atoms with Gasteiger partial charge in [-0.25, -0.2) is 8.42 Å². The average Bonchev–Trinajstić information content (AvgIpc) is 2.69. The number of hydrogen-bond donors (Lipinski definition) is 0. The van der Waals surface area contributed by atoms with Gasteiger partial charge >= 0.3 is 0 Å². The van der Waals surface area contributed by atoms with Gasteiger partial charge in [0.1, 0.15) is 0 Å². The third-order valence-corrected chi connectivity index (χ3v) is 7.01. The van der Waals surface area contributed by atoms with Gasteiger partial charge in [0.05, 0.1) is 5.75 Å². The Morgan fingerprint density at radius 2 is 1.50 bits per heavy atom. The molecule has 2 aromatic carbocycles. The minimum atomic E-state index is -3.16. The van der Waals surface area contributed by atoms with Crippen LogP contribution >= 0.6 is 0 Å². The third-order valence-electron chi connectivity index (χ3n) is 5.05. The molecule has 2 aromatic rings. The number of sulfonamides is 1. The summed E-state index contributed by atoms with van der Waals surface area (Å²) in [6, 6.07) is 18.7. The SMILES string of the molecule is CCc1ccc(N2CCN(S(=O)(=O)CCCc3ccccc3)CC2)cc1. The van der Waals surface area contributed by atoms with E-state index in [1.807, 2.05) is 18.2 Å². The van der Waals surface area contributed by atoms with Gasteiger partial charge in [0.2, 0.25) is 10.0 Å². The van der Waals surface area contributed by atoms with Crippen molar-refractivity contribution in [3.05, 3.63) is 65.7 Å². The van der Waals surface area contributed by atoms with Gasteiger partial charge in [-0.15, -0.1) is 0 Å². The fourth-order valence-electron chi connectivity index (χ4n) is 3.40. The van der Waals surface area contributed by atoms with E-state index < -0.39 is 10.0 Å². The minimum absolute atomic E-state index is 0.229. The van der Waals surface area contributed by atoms with Crippen molar-refractivity contribution in [3.63, 3.8) is 0 Å². The molecule has 0 N–H and O–H groups in total. The molecular formula is C21H28N2O2S. The van der Waals surface area contributed by atoms with Crippen LogP contribution in [0.2, 0.25) is 0 Å². The van der Waals surface area contributed by atoms with Crippen LogP contribution in [0, 0.1) is 0 Å². The van der Waals surface area contributed by atoms with Crippen molar-refractivity contribution in [3.8, 4) is 0 Å². The van der Waals surface area contributed by atoms with Crippen molar-refractivity contribution in [2.24, 2.45) is 0 Å². The van der Waals surface area contributed by atoms with Crippen LogP contribution in [-0.2, 0) is 22.9 Å². The highest BCUT2D eigenvalue weighted by Crippen LogP contribution is 2.19. The smallest absolute Gasteiger partial charge is 0.214 e. The maximum absolute atomic E-state index is 12.6. The average molecular weight is 373 g/mol. The first-order valence-electron chi connectivity index (χ1n) is 9.44. The molecule has 140 valence electrons. The first kappa shape index (κ1) is 18.9. The summed E-state index contributed by atoms with van der Waals surface area (Å²) < 4.78 is 26.9. The van der Waals surface area contributed by atoms with Crippen molar-refractivity contribution in [2.45, 2.75) is 26.2 Å². The Kier molecular flexibility index (Phi) is 6.33. The lowest BCUT2D eigenvalue weighted by Crippen LogP contribution is -2.49. The van der Waals surface area contributed by atoms with E-state index in [1.165, 1.54) is 16.8 Å². The van der Waals surface area contributed by atoms with Gasteiger partial charge in [-0.2, -0.15) is 4.31 Å². The van der Waals surface area contributed by atoms with Crippen molar-refractivity contribution in [1.82, 2.24) is 4.31 Å². The third kappa shape index (κ3) is 4.86. The highest BCUT2D eigenvalue weighted by Gasteiger charge is 2.26. The van der Waals surface area contributed by atoms with E-state index in [9.17, 15) is 8.42 Å². The predicted octanol–water partition coefficient (Wildman–Crippen LogP) is 3.33. The van der Waals surface area contributed by atoms with Gasteiger partial charge in [0, 0.05) is 31.9 Å². The van der Waals surface area contributed by atoms with Crippen LogP contribution in [0.4, 0.5) is 5.69 Å². The van der Waals surface area contributed by atoms with Gasteiger partial charge < -0.3 is 4.90 Å². The largest absolute Gasteiger partial charge is 0.369 e. The second kappa shape index (κ2) is 8.69. The molecule has 0 bridgehead atoms. The maximum atomic E-state index is 12.6. The first-order chi connectivity index (χ1) is 12.6. The Labute approximate surface area is 157 Å². The number of aryl methyl sites for hydroxylation is 2. The van der Waals surface area contributed by atoms with E-state index in [0.29, 0.717) is 19.5 Å². The molecule has 1 fully saturated rings. The van der Waals surface area contributed by atoms with E-state index in [2.05, 4.69) is 48.2 Å². The van der Waals surface area contributed by atoms with Crippen LogP contribution in [0.3, 0.4) is 0 Å². The molecule has 3 rings (SSSR count). The Morgan fingerprint density at radius 1 is 0.846 bits per heavy atom. The summed E-state index contributed by atoms with van der Waals surface area (Å²) in [6.45, 7) is 4.80. The second-order valence-corrected chi connectivity index (χ2v) is 8.90. The molecule has 4 nitrogen and oxygen atoms in total. The highest BCUT2D eigenvalue weighted by atomic mass is 32.2. The Hall–Kier alpha value is -1.85. The lowest BCUT2D eigenvalue weighted by molar-refractivity contribution is 0.384. The molecule has 1 aliphatic rings. The van der Waals surface area contributed by atoms with Gasteiger partial charge in [0.25, 0.3) is 0 Å². The summed E-state index contributed by atoms with van der Waals surface area (Å²) in [6.07, 6.45) is 2.52. The van der Waals surface area contributed by atoms with Crippen LogP contribution in [0.5, 0.6) is 0 Å². The fraction of sp³-hybridized carbons (Fsp3) is 0.429. The van der Waals surface area contributed by atoms with Gasteiger partial charge in [-0.05, 0) is 42.5 Å². The molecule has 0 unspecified atom stereocenters. The quantitative estimate of drug-likeness (QED) is 0.748. The molecule has 0 aliphatic carbocycles. The van der Waals surface area contributed by atoms with Crippen LogP contribution in [0.1, 0.15) is 24.5 Å². The molecule has 0 aromatic heterocycles. The molecule has 1 saturated heterocycles. The Bertz CT molecular complexity index is 781. The normalized spacial score (nSPS) is 16.0. The maximum Gasteiger partial charge on any atom is 0.214 e. The molecule has 0 radical (unpaired) electrons. The van der Waals surface area contributed by atoms with Crippen LogP contribution in [0.15, 0.2) is 54.6 Å². The number of piperazine rings is 1. The Balaban J connectivity index is 1.49. The van der Waals surface area contributed by atoms with E-state index in [4.69, 9.17) is 0 Å². The van der Waals surface area contributed by atoms with Crippen LogP contribution < -0.4 is 4.90 Å². The van der Waals surface area contributed by atoms with E-state index in [1.54, 1.807) is 4.31 Å². The van der Waals surface area contributed by atoms with Gasteiger partial charge in [-0.1, -0.05) is 49.4 Å². The van der Waals surface area contributed by atoms with Crippen molar-refractivity contribution >= 4 is 15.7 Å².